The van der Waals surface area contributed by atoms with Crippen LogP contribution in [0.3, 0.4) is 0 Å². The summed E-state index contributed by atoms with van der Waals surface area (Å²) in [6.07, 6.45) is -2.24. The summed E-state index contributed by atoms with van der Waals surface area (Å²) >= 11 is 0. The van der Waals surface area contributed by atoms with Crippen molar-refractivity contribution < 1.29 is 17.2 Å². The molecule has 0 amide bonds. The lowest BCUT2D eigenvalue weighted by molar-refractivity contribution is 0.151. The zero-order valence-corrected chi connectivity index (χ0v) is 8.69. The molecule has 0 fully saturated rings. The molecule has 0 spiro atoms. The second-order valence-corrected chi connectivity index (χ2v) is 5.08. The fourth-order valence-corrected chi connectivity index (χ4v) is 2.14. The number of nitrogens with two attached hydrogens (primary N) is 2. The third-order valence-electron chi connectivity index (χ3n) is 1.61. The van der Waals surface area contributed by atoms with Crippen molar-refractivity contribution in [1.29, 1.82) is 0 Å². The van der Waals surface area contributed by atoms with Gasteiger partial charge in [-0.1, -0.05) is 0 Å². The van der Waals surface area contributed by atoms with Gasteiger partial charge in [0, 0.05) is 16.9 Å². The average molecular weight is 258 g/mol. The highest BCUT2D eigenvalue weighted by Gasteiger charge is 2.24. The number of anilines is 2. The van der Waals surface area contributed by atoms with E-state index in [1.54, 1.807) is 0 Å². The van der Waals surface area contributed by atoms with Crippen LogP contribution in [0.2, 0.25) is 0 Å². The molecule has 4 N–H and O–H groups in total. The first-order valence-corrected chi connectivity index (χ1v) is 5.82. The maximum Gasteiger partial charge on any atom is 0.267 e. The number of hydrogen-bond donors (Lipinski definition) is 2. The van der Waals surface area contributed by atoms with Crippen molar-refractivity contribution in [3.05, 3.63) is 11.8 Å². The van der Waals surface area contributed by atoms with Crippen LogP contribution in [-0.4, -0.2) is 13.4 Å². The highest BCUT2D eigenvalue weighted by Crippen LogP contribution is 2.34. The smallest absolute Gasteiger partial charge is 0.267 e. The highest BCUT2D eigenvalue weighted by molar-refractivity contribution is 8.14. The molecule has 5 nitrogen and oxygen atoms in total. The van der Waals surface area contributed by atoms with Crippen molar-refractivity contribution in [2.45, 2.75) is 11.3 Å². The Bertz CT molecular complexity index is 491. The van der Waals surface area contributed by atoms with Gasteiger partial charge in [-0.05, 0) is 0 Å². The molecule has 84 valence electrons. The van der Waals surface area contributed by atoms with Gasteiger partial charge < -0.3 is 11.5 Å². The number of aromatic nitrogens is 1. The summed E-state index contributed by atoms with van der Waals surface area (Å²) in [7, 11) is 0.679. The molecule has 1 aromatic rings. The lowest BCUT2D eigenvalue weighted by Crippen LogP contribution is -2.08. The summed E-state index contributed by atoms with van der Waals surface area (Å²) in [5, 5.41) is 0. The van der Waals surface area contributed by atoms with Crippen molar-refractivity contribution in [2.24, 2.45) is 0 Å². The van der Waals surface area contributed by atoms with Crippen molar-refractivity contribution in [3.8, 4) is 0 Å². The minimum Gasteiger partial charge on any atom is -0.397 e. The Labute approximate surface area is 88.5 Å². The zero-order valence-electron chi connectivity index (χ0n) is 7.12. The quantitative estimate of drug-likeness (QED) is 0.773. The lowest BCUT2D eigenvalue weighted by atomic mass is 10.2. The molecular formula is C6H6ClF2N3O2S. The Morgan fingerprint density at radius 2 is 1.93 bits per heavy atom. The molecule has 0 saturated carbocycles. The molecule has 0 radical (unpaired) electrons. The Kier molecular flexibility index (Phi) is 3.00. The van der Waals surface area contributed by atoms with Crippen LogP contribution in [0, 0.1) is 0 Å². The first-order chi connectivity index (χ1) is 6.75. The fourth-order valence-electron chi connectivity index (χ4n) is 0.966. The number of nitrogens with zero attached hydrogens (tertiary/aromatic N) is 1. The molecule has 0 saturated heterocycles. The number of halogens is 3. The van der Waals surface area contributed by atoms with Crippen LogP contribution in [0.1, 0.15) is 12.0 Å². The third-order valence-corrected chi connectivity index (χ3v) is 2.99. The molecule has 1 heterocycles. The molecule has 0 aromatic carbocycles. The predicted octanol–water partition coefficient (Wildman–Crippen LogP) is 1.11. The van der Waals surface area contributed by atoms with Gasteiger partial charge in [0.15, 0.2) is 0 Å². The minimum atomic E-state index is -4.29. The SMILES string of the molecule is Nc1ncc(C(F)F)c(N)c1S(=O)(=O)Cl. The van der Waals surface area contributed by atoms with Crippen LogP contribution in [0.4, 0.5) is 20.3 Å². The van der Waals surface area contributed by atoms with E-state index < -0.39 is 37.4 Å². The first-order valence-electron chi connectivity index (χ1n) is 3.51. The van der Waals surface area contributed by atoms with Gasteiger partial charge in [0.05, 0.1) is 11.3 Å². The lowest BCUT2D eigenvalue weighted by Gasteiger charge is -2.09. The van der Waals surface area contributed by atoms with Crippen molar-refractivity contribution in [2.75, 3.05) is 11.5 Å². The van der Waals surface area contributed by atoms with Crippen LogP contribution in [0.25, 0.3) is 0 Å². The van der Waals surface area contributed by atoms with Gasteiger partial charge in [-0.2, -0.15) is 0 Å². The normalized spacial score (nSPS) is 12.0. The van der Waals surface area contributed by atoms with Crippen molar-refractivity contribution in [1.82, 2.24) is 4.98 Å². The Hall–Kier alpha value is -1.15. The van der Waals surface area contributed by atoms with E-state index in [1.807, 2.05) is 0 Å². The van der Waals surface area contributed by atoms with Crippen LogP contribution in [0.5, 0.6) is 0 Å². The van der Waals surface area contributed by atoms with E-state index in [-0.39, 0.29) is 0 Å². The molecule has 1 rings (SSSR count). The van der Waals surface area contributed by atoms with E-state index in [4.69, 9.17) is 22.1 Å². The maximum absolute atomic E-state index is 12.3. The molecule has 9 heteroatoms. The summed E-state index contributed by atoms with van der Waals surface area (Å²) in [6.45, 7) is 0. The van der Waals surface area contributed by atoms with Gasteiger partial charge in [0.1, 0.15) is 10.7 Å². The van der Waals surface area contributed by atoms with E-state index in [1.165, 1.54) is 0 Å². The molecular weight excluding hydrogens is 252 g/mol. The van der Waals surface area contributed by atoms with Gasteiger partial charge in [-0.25, -0.2) is 22.2 Å². The number of alkyl halides is 2. The Morgan fingerprint density at radius 3 is 2.33 bits per heavy atom. The van der Waals surface area contributed by atoms with Crippen LogP contribution in [0.15, 0.2) is 11.1 Å². The van der Waals surface area contributed by atoms with E-state index in [9.17, 15) is 17.2 Å². The van der Waals surface area contributed by atoms with Crippen LogP contribution < -0.4 is 11.5 Å². The monoisotopic (exact) mass is 257 g/mol. The topological polar surface area (TPSA) is 99.1 Å². The molecule has 0 bridgehead atoms. The summed E-state index contributed by atoms with van der Waals surface area (Å²) in [5.41, 5.74) is 8.99. The second kappa shape index (κ2) is 3.78. The van der Waals surface area contributed by atoms with Gasteiger partial charge >= 0.3 is 0 Å². The molecule has 15 heavy (non-hydrogen) atoms. The molecule has 0 aliphatic carbocycles. The third kappa shape index (κ3) is 2.26. The number of nitrogen functional groups attached to an aromatic ring is 2. The largest absolute Gasteiger partial charge is 0.397 e. The number of rotatable bonds is 2. The Balaban J connectivity index is 3.59. The Morgan fingerprint density at radius 1 is 1.40 bits per heavy atom. The van der Waals surface area contributed by atoms with Crippen molar-refractivity contribution in [3.63, 3.8) is 0 Å². The molecule has 0 aliphatic heterocycles. The van der Waals surface area contributed by atoms with Gasteiger partial charge in [0.2, 0.25) is 0 Å². The summed E-state index contributed by atoms with van der Waals surface area (Å²) in [5.74, 6) is -0.507. The van der Waals surface area contributed by atoms with E-state index in [0.717, 1.165) is 0 Å². The molecule has 0 atom stereocenters. The zero-order chi connectivity index (χ0) is 11.8. The van der Waals surface area contributed by atoms with Gasteiger partial charge in [0.25, 0.3) is 15.5 Å². The van der Waals surface area contributed by atoms with E-state index in [2.05, 4.69) is 4.98 Å². The number of hydrogen-bond acceptors (Lipinski definition) is 5. The van der Waals surface area contributed by atoms with Crippen LogP contribution in [-0.2, 0) is 9.05 Å². The van der Waals surface area contributed by atoms with E-state index in [0.29, 0.717) is 6.20 Å². The van der Waals surface area contributed by atoms with E-state index >= 15 is 0 Å². The summed E-state index contributed by atoms with van der Waals surface area (Å²) in [6, 6.07) is 0. The molecule has 1 aromatic heterocycles. The minimum absolute atomic E-state index is 0.507. The maximum atomic E-state index is 12.3. The van der Waals surface area contributed by atoms with Crippen LogP contribution >= 0.6 is 10.7 Å². The summed E-state index contributed by atoms with van der Waals surface area (Å²) < 4.78 is 46.6. The van der Waals surface area contributed by atoms with Crippen molar-refractivity contribution >= 4 is 31.2 Å². The van der Waals surface area contributed by atoms with Gasteiger partial charge in [-0.3, -0.25) is 0 Å². The second-order valence-electron chi connectivity index (χ2n) is 2.58. The predicted molar refractivity (Wildman–Crippen MR) is 51.1 cm³/mol. The summed E-state index contributed by atoms with van der Waals surface area (Å²) in [4.78, 5) is 2.51. The fraction of sp³-hybridized carbons (Fsp3) is 0.167. The average Bonchev–Trinajstić information content (AvgIpc) is 2.00. The number of pyridine rings is 1. The first kappa shape index (κ1) is 11.9. The molecule has 0 aliphatic rings. The van der Waals surface area contributed by atoms with Gasteiger partial charge in [-0.15, -0.1) is 0 Å². The standard InChI is InChI=1S/C6H6ClF2N3O2S/c7-15(13,14)4-3(10)2(5(8)9)1-12-6(4)11/h1,5H,(H4,10,11,12). The molecule has 0 unspecified atom stereocenters. The highest BCUT2D eigenvalue weighted by atomic mass is 35.7.